The van der Waals surface area contributed by atoms with Gasteiger partial charge < -0.3 is 5.32 Å². The molecule has 1 unspecified atom stereocenters. The Morgan fingerprint density at radius 3 is 2.93 bits per heavy atom. The predicted octanol–water partition coefficient (Wildman–Crippen LogP) is 4.00. The molecule has 1 nitrogen and oxygen atoms in total. The monoisotopic (exact) mass is 225 g/mol. The lowest BCUT2D eigenvalue weighted by atomic mass is 10.0. The van der Waals surface area contributed by atoms with Gasteiger partial charge >= 0.3 is 0 Å². The van der Waals surface area contributed by atoms with Crippen LogP contribution in [0, 0.1) is 5.82 Å². The Morgan fingerprint density at radius 1 is 1.40 bits per heavy atom. The molecular formula is C12H13ClFN. The van der Waals surface area contributed by atoms with Crippen LogP contribution in [0.25, 0.3) is 0 Å². The molecule has 1 aliphatic carbocycles. The predicted molar refractivity (Wildman–Crippen MR) is 61.8 cm³/mol. The molecule has 0 spiro atoms. The molecule has 80 valence electrons. The molecule has 1 aromatic rings. The number of hydrogen-bond acceptors (Lipinski definition) is 1. The second-order valence-electron chi connectivity index (χ2n) is 3.74. The van der Waals surface area contributed by atoms with Gasteiger partial charge in [-0.2, -0.15) is 0 Å². The van der Waals surface area contributed by atoms with E-state index in [2.05, 4.69) is 17.5 Å². The van der Waals surface area contributed by atoms with E-state index in [0.29, 0.717) is 6.04 Å². The molecular weight excluding hydrogens is 213 g/mol. The zero-order chi connectivity index (χ0) is 10.7. The van der Waals surface area contributed by atoms with Crippen molar-refractivity contribution in [2.45, 2.75) is 25.3 Å². The summed E-state index contributed by atoms with van der Waals surface area (Å²) in [6.07, 6.45) is 7.80. The molecule has 1 atom stereocenters. The van der Waals surface area contributed by atoms with Crippen LogP contribution in [0.15, 0.2) is 30.4 Å². The number of nitrogens with one attached hydrogen (secondary N) is 1. The summed E-state index contributed by atoms with van der Waals surface area (Å²) in [7, 11) is 0. The van der Waals surface area contributed by atoms with E-state index in [-0.39, 0.29) is 10.8 Å². The topological polar surface area (TPSA) is 12.0 Å². The quantitative estimate of drug-likeness (QED) is 0.751. The molecule has 15 heavy (non-hydrogen) atoms. The molecule has 0 radical (unpaired) electrons. The molecule has 1 N–H and O–H groups in total. The Bertz CT molecular complexity index is 376. The van der Waals surface area contributed by atoms with Gasteiger partial charge in [0.1, 0.15) is 5.82 Å². The molecule has 0 aromatic heterocycles. The second-order valence-corrected chi connectivity index (χ2v) is 4.15. The average Bonchev–Trinajstić information content (AvgIpc) is 2.25. The minimum atomic E-state index is -0.374. The van der Waals surface area contributed by atoms with Crippen molar-refractivity contribution in [3.63, 3.8) is 0 Å². The summed E-state index contributed by atoms with van der Waals surface area (Å²) >= 11 is 5.70. The zero-order valence-corrected chi connectivity index (χ0v) is 9.10. The molecule has 0 bridgehead atoms. The van der Waals surface area contributed by atoms with Crippen LogP contribution in [0.1, 0.15) is 19.3 Å². The van der Waals surface area contributed by atoms with E-state index >= 15 is 0 Å². The molecule has 0 aliphatic heterocycles. The van der Waals surface area contributed by atoms with E-state index in [4.69, 9.17) is 11.6 Å². The lowest BCUT2D eigenvalue weighted by Gasteiger charge is -2.19. The van der Waals surface area contributed by atoms with Crippen LogP contribution < -0.4 is 5.32 Å². The number of hydrogen-bond donors (Lipinski definition) is 1. The normalized spacial score (nSPS) is 20.3. The minimum absolute atomic E-state index is 0.166. The van der Waals surface area contributed by atoms with Crippen molar-refractivity contribution >= 4 is 17.3 Å². The van der Waals surface area contributed by atoms with Gasteiger partial charge in [0.15, 0.2) is 0 Å². The Morgan fingerprint density at radius 2 is 2.27 bits per heavy atom. The molecule has 1 aliphatic rings. The van der Waals surface area contributed by atoms with Crippen molar-refractivity contribution in [3.05, 3.63) is 41.2 Å². The summed E-state index contributed by atoms with van der Waals surface area (Å²) in [6.45, 7) is 0. The van der Waals surface area contributed by atoms with Gasteiger partial charge in [0.25, 0.3) is 0 Å². The van der Waals surface area contributed by atoms with Crippen LogP contribution in [0.4, 0.5) is 10.1 Å². The van der Waals surface area contributed by atoms with Gasteiger partial charge in [-0.1, -0.05) is 23.8 Å². The highest BCUT2D eigenvalue weighted by atomic mass is 35.5. The van der Waals surface area contributed by atoms with Crippen LogP contribution in [-0.4, -0.2) is 6.04 Å². The Hall–Kier alpha value is -1.02. The van der Waals surface area contributed by atoms with Gasteiger partial charge in [0, 0.05) is 11.7 Å². The van der Waals surface area contributed by atoms with E-state index in [1.165, 1.54) is 12.5 Å². The summed E-state index contributed by atoms with van der Waals surface area (Å²) < 4.78 is 12.9. The van der Waals surface area contributed by atoms with Crippen molar-refractivity contribution in [2.75, 3.05) is 5.32 Å². The van der Waals surface area contributed by atoms with E-state index in [9.17, 15) is 4.39 Å². The number of rotatable bonds is 2. The van der Waals surface area contributed by atoms with Gasteiger partial charge in [-0.3, -0.25) is 0 Å². The Labute approximate surface area is 93.9 Å². The van der Waals surface area contributed by atoms with Crippen molar-refractivity contribution in [3.8, 4) is 0 Å². The molecule has 0 fully saturated rings. The summed E-state index contributed by atoms with van der Waals surface area (Å²) in [5.41, 5.74) is 0.873. The first kappa shape index (κ1) is 10.5. The van der Waals surface area contributed by atoms with E-state index in [0.717, 1.165) is 18.5 Å². The molecule has 0 saturated carbocycles. The fraction of sp³-hybridized carbons (Fsp3) is 0.333. The summed E-state index contributed by atoms with van der Waals surface area (Å²) in [5, 5.41) is 3.48. The maximum atomic E-state index is 12.9. The van der Waals surface area contributed by atoms with E-state index in [1.54, 1.807) is 12.1 Å². The lowest BCUT2D eigenvalue weighted by Crippen LogP contribution is -2.18. The van der Waals surface area contributed by atoms with Crippen LogP contribution in [0.3, 0.4) is 0 Å². The SMILES string of the molecule is Fc1ccc(NC2C=CCCC2)cc1Cl. The second kappa shape index (κ2) is 4.67. The standard InChI is InChI=1S/C12H13ClFN/c13-11-8-10(6-7-12(11)14)15-9-4-2-1-3-5-9/h2,4,6-9,15H,1,3,5H2. The van der Waals surface area contributed by atoms with Gasteiger partial charge in [0.2, 0.25) is 0 Å². The Balaban J connectivity index is 2.07. The number of anilines is 1. The summed E-state index contributed by atoms with van der Waals surface area (Å²) in [4.78, 5) is 0. The van der Waals surface area contributed by atoms with Crippen molar-refractivity contribution in [1.29, 1.82) is 0 Å². The van der Waals surface area contributed by atoms with Crippen LogP contribution >= 0.6 is 11.6 Å². The molecule has 0 heterocycles. The first-order valence-corrected chi connectivity index (χ1v) is 5.52. The lowest BCUT2D eigenvalue weighted by molar-refractivity contribution is 0.628. The number of allylic oxidation sites excluding steroid dienone is 1. The van der Waals surface area contributed by atoms with Crippen LogP contribution in [0.2, 0.25) is 5.02 Å². The average molecular weight is 226 g/mol. The summed E-state index contributed by atoms with van der Waals surface area (Å²) in [6, 6.07) is 5.07. The first-order valence-electron chi connectivity index (χ1n) is 5.14. The van der Waals surface area contributed by atoms with Gasteiger partial charge in [0.05, 0.1) is 5.02 Å². The highest BCUT2D eigenvalue weighted by Gasteiger charge is 2.08. The largest absolute Gasteiger partial charge is 0.379 e. The molecule has 0 saturated heterocycles. The van der Waals surface area contributed by atoms with Crippen molar-refractivity contribution in [2.24, 2.45) is 0 Å². The third-order valence-corrected chi connectivity index (χ3v) is 2.82. The van der Waals surface area contributed by atoms with Gasteiger partial charge in [-0.15, -0.1) is 0 Å². The van der Waals surface area contributed by atoms with E-state index in [1.807, 2.05) is 0 Å². The van der Waals surface area contributed by atoms with Crippen LogP contribution in [-0.2, 0) is 0 Å². The van der Waals surface area contributed by atoms with Crippen molar-refractivity contribution in [1.82, 2.24) is 0 Å². The summed E-state index contributed by atoms with van der Waals surface area (Å²) in [5.74, 6) is -0.374. The maximum absolute atomic E-state index is 12.9. The Kier molecular flexibility index (Phi) is 3.27. The third kappa shape index (κ3) is 2.72. The zero-order valence-electron chi connectivity index (χ0n) is 8.34. The van der Waals surface area contributed by atoms with Crippen molar-refractivity contribution < 1.29 is 4.39 Å². The first-order chi connectivity index (χ1) is 7.25. The van der Waals surface area contributed by atoms with Gasteiger partial charge in [-0.25, -0.2) is 4.39 Å². The smallest absolute Gasteiger partial charge is 0.141 e. The number of benzene rings is 1. The molecule has 3 heteroatoms. The number of halogens is 2. The van der Waals surface area contributed by atoms with Gasteiger partial charge in [-0.05, 0) is 37.5 Å². The molecule has 0 amide bonds. The maximum Gasteiger partial charge on any atom is 0.141 e. The minimum Gasteiger partial charge on any atom is -0.379 e. The third-order valence-electron chi connectivity index (χ3n) is 2.53. The van der Waals surface area contributed by atoms with Crippen LogP contribution in [0.5, 0.6) is 0 Å². The molecule has 2 rings (SSSR count). The fourth-order valence-electron chi connectivity index (χ4n) is 1.73. The highest BCUT2D eigenvalue weighted by Crippen LogP contribution is 2.22. The highest BCUT2D eigenvalue weighted by molar-refractivity contribution is 6.31. The fourth-order valence-corrected chi connectivity index (χ4v) is 1.91. The molecule has 1 aromatic carbocycles. The van der Waals surface area contributed by atoms with E-state index < -0.39 is 0 Å².